The third-order valence-corrected chi connectivity index (χ3v) is 5.89. The van der Waals surface area contributed by atoms with E-state index in [1.54, 1.807) is 18.4 Å². The molecule has 0 radical (unpaired) electrons. The molecule has 1 saturated carbocycles. The minimum absolute atomic E-state index is 0.446. The Balaban J connectivity index is 1.50. The van der Waals surface area contributed by atoms with E-state index in [2.05, 4.69) is 20.3 Å². The molecule has 3 heterocycles. The van der Waals surface area contributed by atoms with E-state index in [-0.39, 0.29) is 0 Å². The van der Waals surface area contributed by atoms with Gasteiger partial charge < -0.3 is 14.8 Å². The first-order valence-corrected chi connectivity index (χ1v) is 9.24. The van der Waals surface area contributed by atoms with E-state index in [0.29, 0.717) is 23.2 Å². The van der Waals surface area contributed by atoms with Gasteiger partial charge in [-0.15, -0.1) is 11.3 Å². The molecule has 0 atom stereocenters. The van der Waals surface area contributed by atoms with Gasteiger partial charge in [-0.05, 0) is 32.6 Å². The first-order chi connectivity index (χ1) is 11.7. The molecule has 2 aromatic heterocycles. The molecular formula is C17H22N4O2S. The maximum absolute atomic E-state index is 5.40. The SMILES string of the molecule is COc1cc(NC2CCC3(CC2)COC3)nc(-c2nc(C)cs2)n1. The second kappa shape index (κ2) is 6.29. The van der Waals surface area contributed by atoms with Crippen molar-refractivity contribution in [3.8, 4) is 16.7 Å². The largest absolute Gasteiger partial charge is 0.481 e. The van der Waals surface area contributed by atoms with Crippen molar-refractivity contribution in [2.75, 3.05) is 25.6 Å². The van der Waals surface area contributed by atoms with Crippen LogP contribution in [0.15, 0.2) is 11.4 Å². The summed E-state index contributed by atoms with van der Waals surface area (Å²) in [6.07, 6.45) is 4.76. The van der Waals surface area contributed by atoms with Crippen molar-refractivity contribution in [2.45, 2.75) is 38.6 Å². The van der Waals surface area contributed by atoms with Gasteiger partial charge in [-0.2, -0.15) is 4.98 Å². The minimum atomic E-state index is 0.446. The molecule has 2 aliphatic rings. The molecule has 4 rings (SSSR count). The summed E-state index contributed by atoms with van der Waals surface area (Å²) in [5.74, 6) is 2.00. The number of ether oxygens (including phenoxy) is 2. The van der Waals surface area contributed by atoms with Crippen LogP contribution in [0.5, 0.6) is 5.88 Å². The second-order valence-electron chi connectivity index (χ2n) is 6.82. The second-order valence-corrected chi connectivity index (χ2v) is 7.68. The number of hydrogen-bond acceptors (Lipinski definition) is 7. The molecule has 7 heteroatoms. The summed E-state index contributed by atoms with van der Waals surface area (Å²) < 4.78 is 10.7. The summed E-state index contributed by atoms with van der Waals surface area (Å²) in [6.45, 7) is 3.85. The van der Waals surface area contributed by atoms with Crippen molar-refractivity contribution in [2.24, 2.45) is 5.41 Å². The van der Waals surface area contributed by atoms with E-state index in [9.17, 15) is 0 Å². The maximum atomic E-state index is 5.40. The number of hydrogen-bond donors (Lipinski definition) is 1. The number of thiazole rings is 1. The highest BCUT2D eigenvalue weighted by molar-refractivity contribution is 7.13. The summed E-state index contributed by atoms with van der Waals surface area (Å²) in [6, 6.07) is 2.31. The van der Waals surface area contributed by atoms with E-state index >= 15 is 0 Å². The van der Waals surface area contributed by atoms with Crippen molar-refractivity contribution >= 4 is 17.2 Å². The van der Waals surface area contributed by atoms with Crippen molar-refractivity contribution in [1.29, 1.82) is 0 Å². The number of nitrogens with zero attached hydrogens (tertiary/aromatic N) is 3. The Kier molecular flexibility index (Phi) is 4.14. The lowest BCUT2D eigenvalue weighted by Gasteiger charge is -2.46. The molecule has 6 nitrogen and oxygen atoms in total. The zero-order valence-electron chi connectivity index (χ0n) is 14.0. The van der Waals surface area contributed by atoms with Gasteiger partial charge in [-0.25, -0.2) is 9.97 Å². The molecule has 0 bridgehead atoms. The molecular weight excluding hydrogens is 324 g/mol. The van der Waals surface area contributed by atoms with Gasteiger partial charge >= 0.3 is 0 Å². The van der Waals surface area contributed by atoms with Crippen LogP contribution in [-0.4, -0.2) is 41.3 Å². The quantitative estimate of drug-likeness (QED) is 0.916. The molecule has 1 aliphatic heterocycles. The van der Waals surface area contributed by atoms with E-state index in [0.717, 1.165) is 42.6 Å². The maximum Gasteiger partial charge on any atom is 0.218 e. The van der Waals surface area contributed by atoms with Crippen LogP contribution in [0.1, 0.15) is 31.4 Å². The van der Waals surface area contributed by atoms with Crippen LogP contribution in [0.2, 0.25) is 0 Å². The highest BCUT2D eigenvalue weighted by atomic mass is 32.1. The van der Waals surface area contributed by atoms with Gasteiger partial charge in [0.2, 0.25) is 5.88 Å². The molecule has 128 valence electrons. The number of aromatic nitrogens is 3. The van der Waals surface area contributed by atoms with Crippen LogP contribution in [-0.2, 0) is 4.74 Å². The highest BCUT2D eigenvalue weighted by Gasteiger charge is 2.41. The van der Waals surface area contributed by atoms with Crippen molar-refractivity contribution < 1.29 is 9.47 Å². The molecule has 0 amide bonds. The fourth-order valence-electron chi connectivity index (χ4n) is 3.42. The first kappa shape index (κ1) is 15.8. The lowest BCUT2D eigenvalue weighted by Crippen LogP contribution is -2.47. The van der Waals surface area contributed by atoms with Crippen LogP contribution < -0.4 is 10.1 Å². The fraction of sp³-hybridized carbons (Fsp3) is 0.588. The number of aryl methyl sites for hydroxylation is 1. The van der Waals surface area contributed by atoms with Gasteiger partial charge in [0.15, 0.2) is 10.8 Å². The van der Waals surface area contributed by atoms with E-state index in [4.69, 9.17) is 9.47 Å². The van der Waals surface area contributed by atoms with Gasteiger partial charge in [0.25, 0.3) is 0 Å². The Hall–Kier alpha value is -1.73. The van der Waals surface area contributed by atoms with Crippen LogP contribution >= 0.6 is 11.3 Å². The zero-order valence-corrected chi connectivity index (χ0v) is 14.9. The van der Waals surface area contributed by atoms with Crippen molar-refractivity contribution in [1.82, 2.24) is 15.0 Å². The minimum Gasteiger partial charge on any atom is -0.481 e. The van der Waals surface area contributed by atoms with E-state index in [1.807, 2.05) is 18.4 Å². The number of methoxy groups -OCH3 is 1. The third kappa shape index (κ3) is 3.10. The van der Waals surface area contributed by atoms with Gasteiger partial charge in [0.05, 0.1) is 20.3 Å². The molecule has 1 aliphatic carbocycles. The molecule has 0 aromatic carbocycles. The topological polar surface area (TPSA) is 69.2 Å². The summed E-state index contributed by atoms with van der Waals surface area (Å²) in [5.41, 5.74) is 1.45. The standard InChI is InChI=1S/C17H22N4O2S/c1-11-8-24-16(18-11)15-20-13(7-14(21-15)22-2)19-12-3-5-17(6-4-12)9-23-10-17/h7-8,12H,3-6,9-10H2,1-2H3,(H,19,20,21). The summed E-state index contributed by atoms with van der Waals surface area (Å²) in [5, 5.41) is 6.39. The van der Waals surface area contributed by atoms with Gasteiger partial charge in [-0.1, -0.05) is 0 Å². The Morgan fingerprint density at radius 1 is 1.25 bits per heavy atom. The van der Waals surface area contributed by atoms with E-state index in [1.165, 1.54) is 12.8 Å². The summed E-state index contributed by atoms with van der Waals surface area (Å²) >= 11 is 1.55. The molecule has 1 spiro atoms. The normalized spacial score (nSPS) is 19.9. The lowest BCUT2D eigenvalue weighted by atomic mass is 9.71. The van der Waals surface area contributed by atoms with E-state index < -0.39 is 0 Å². The molecule has 24 heavy (non-hydrogen) atoms. The van der Waals surface area contributed by atoms with Crippen LogP contribution in [0.3, 0.4) is 0 Å². The highest BCUT2D eigenvalue weighted by Crippen LogP contribution is 2.42. The molecule has 1 N–H and O–H groups in total. The van der Waals surface area contributed by atoms with Gasteiger partial charge in [0.1, 0.15) is 5.82 Å². The average Bonchev–Trinajstić information content (AvgIpc) is 3.00. The predicted molar refractivity (Wildman–Crippen MR) is 93.6 cm³/mol. The Bertz CT molecular complexity index is 719. The molecule has 0 unspecified atom stereocenters. The Labute approximate surface area is 145 Å². The first-order valence-electron chi connectivity index (χ1n) is 8.36. The van der Waals surface area contributed by atoms with Gasteiger partial charge in [-0.3, -0.25) is 0 Å². The summed E-state index contributed by atoms with van der Waals surface area (Å²) in [4.78, 5) is 13.6. The van der Waals surface area contributed by atoms with Crippen LogP contribution in [0.4, 0.5) is 5.82 Å². The number of nitrogens with one attached hydrogen (secondary N) is 1. The molecule has 2 aromatic rings. The fourth-order valence-corrected chi connectivity index (χ4v) is 4.15. The summed E-state index contributed by atoms with van der Waals surface area (Å²) in [7, 11) is 1.63. The molecule has 1 saturated heterocycles. The van der Waals surface area contributed by atoms with Gasteiger partial charge in [0, 0.05) is 28.6 Å². The van der Waals surface area contributed by atoms with Crippen LogP contribution in [0.25, 0.3) is 10.8 Å². The Morgan fingerprint density at radius 3 is 2.62 bits per heavy atom. The average molecular weight is 346 g/mol. The number of rotatable bonds is 4. The predicted octanol–water partition coefficient (Wildman–Crippen LogP) is 3.29. The zero-order chi connectivity index (χ0) is 16.6. The van der Waals surface area contributed by atoms with Crippen molar-refractivity contribution in [3.05, 3.63) is 17.1 Å². The lowest BCUT2D eigenvalue weighted by molar-refractivity contribution is -0.131. The monoisotopic (exact) mass is 346 g/mol. The molecule has 2 fully saturated rings. The number of anilines is 1. The smallest absolute Gasteiger partial charge is 0.218 e. The van der Waals surface area contributed by atoms with Crippen molar-refractivity contribution in [3.63, 3.8) is 0 Å². The van der Waals surface area contributed by atoms with Crippen LogP contribution in [0, 0.1) is 12.3 Å². The Morgan fingerprint density at radius 2 is 2.04 bits per heavy atom. The third-order valence-electron chi connectivity index (χ3n) is 4.94.